The van der Waals surface area contributed by atoms with E-state index in [-0.39, 0.29) is 31.7 Å². The molecule has 0 spiro atoms. The number of para-hydroxylation sites is 1. The first-order chi connectivity index (χ1) is 39.0. The van der Waals surface area contributed by atoms with Gasteiger partial charge in [0.25, 0.3) is 0 Å². The van der Waals surface area contributed by atoms with Gasteiger partial charge in [0, 0.05) is 42.9 Å². The maximum absolute atomic E-state index is 15.2. The van der Waals surface area contributed by atoms with E-state index in [4.69, 9.17) is 47.4 Å². The second-order valence-corrected chi connectivity index (χ2v) is 23.6. The number of methoxy groups -OCH3 is 1. The molecule has 4 saturated heterocycles. The molecule has 1 aromatic heterocycles. The normalized spacial score (nSPS) is 35.7. The third kappa shape index (κ3) is 13.6. The molecule has 4 aliphatic rings. The Balaban J connectivity index is 1.25. The predicted molar refractivity (Wildman–Crippen MR) is 305 cm³/mol. The van der Waals surface area contributed by atoms with Crippen molar-refractivity contribution in [2.45, 2.75) is 179 Å². The van der Waals surface area contributed by atoms with Crippen LogP contribution in [0.3, 0.4) is 0 Å². The summed E-state index contributed by atoms with van der Waals surface area (Å²) in [5, 5.41) is 3.85. The lowest BCUT2D eigenvalue weighted by Crippen LogP contribution is -2.62. The minimum Gasteiger partial charge on any atom is -0.458 e. The smallest absolute Gasteiger partial charge is 0.408 e. The number of Topliss-reactive ketones (excluding diaryl/α,β-unsaturated/α-hetero) is 1. The van der Waals surface area contributed by atoms with Gasteiger partial charge >= 0.3 is 24.0 Å². The molecule has 0 aliphatic carbocycles. The molecule has 3 aromatic carbocycles. The number of hydrogen-bond acceptors (Lipinski definition) is 17. The molecule has 5 heterocycles. The summed E-state index contributed by atoms with van der Waals surface area (Å²) in [5.41, 5.74) is -1.73. The van der Waals surface area contributed by atoms with Crippen molar-refractivity contribution in [3.63, 3.8) is 0 Å². The Hall–Kier alpha value is -6.12. The van der Waals surface area contributed by atoms with E-state index >= 15 is 9.59 Å². The van der Waals surface area contributed by atoms with Crippen LogP contribution in [-0.4, -0.2) is 152 Å². The molecule has 4 fully saturated rings. The number of pyridine rings is 1. The van der Waals surface area contributed by atoms with Crippen molar-refractivity contribution >= 4 is 46.8 Å². The van der Waals surface area contributed by atoms with Crippen molar-refractivity contribution < 1.29 is 71.3 Å². The van der Waals surface area contributed by atoms with E-state index in [1.807, 2.05) is 115 Å². The summed E-state index contributed by atoms with van der Waals surface area (Å²) >= 11 is 0. The summed E-state index contributed by atoms with van der Waals surface area (Å²) in [7, 11) is 5.34. The highest BCUT2D eigenvalue weighted by atomic mass is 16.7. The van der Waals surface area contributed by atoms with Crippen molar-refractivity contribution in [3.05, 3.63) is 120 Å². The van der Waals surface area contributed by atoms with Crippen molar-refractivity contribution in [2.75, 3.05) is 27.8 Å². The highest BCUT2D eigenvalue weighted by molar-refractivity contribution is 5.90. The Morgan fingerprint density at radius 3 is 2.07 bits per heavy atom. The molecular formula is C64H83N3O15. The summed E-state index contributed by atoms with van der Waals surface area (Å²) in [6.07, 6.45) is -3.16. The van der Waals surface area contributed by atoms with Gasteiger partial charge in [0.2, 0.25) is 0 Å². The number of nitrogens with one attached hydrogen (secondary N) is 1. The summed E-state index contributed by atoms with van der Waals surface area (Å²) in [6, 6.07) is 25.9. The number of alkyl carbamates (subject to hydrolysis) is 1. The van der Waals surface area contributed by atoms with Gasteiger partial charge in [-0.15, -0.1) is 0 Å². The molecule has 18 heteroatoms. The molecule has 82 heavy (non-hydrogen) atoms. The zero-order valence-electron chi connectivity index (χ0n) is 49.6. The number of hydrogen-bond donors (Lipinski definition) is 1. The Morgan fingerprint density at radius 1 is 0.780 bits per heavy atom. The monoisotopic (exact) mass is 1130 g/mol. The van der Waals surface area contributed by atoms with E-state index in [2.05, 4.69) is 10.3 Å². The number of cyclic esters (lactones) is 1. The lowest BCUT2D eigenvalue weighted by atomic mass is 9.73. The van der Waals surface area contributed by atoms with Gasteiger partial charge in [0.1, 0.15) is 17.5 Å². The first-order valence-corrected chi connectivity index (χ1v) is 28.7. The van der Waals surface area contributed by atoms with Crippen LogP contribution in [0.4, 0.5) is 4.79 Å². The van der Waals surface area contributed by atoms with Gasteiger partial charge in [-0.1, -0.05) is 94.4 Å². The first kappa shape index (κ1) is 61.9. The topological polar surface area (TPSA) is 206 Å². The Labute approximate surface area is 482 Å². The van der Waals surface area contributed by atoms with Crippen LogP contribution in [0.5, 0.6) is 0 Å². The van der Waals surface area contributed by atoms with Crippen LogP contribution < -0.4 is 5.32 Å². The molecule has 8 rings (SSSR count). The van der Waals surface area contributed by atoms with Crippen LogP contribution >= 0.6 is 0 Å². The van der Waals surface area contributed by atoms with Gasteiger partial charge in [0.05, 0.1) is 71.3 Å². The minimum atomic E-state index is -1.47. The van der Waals surface area contributed by atoms with Crippen molar-refractivity contribution in [1.29, 1.82) is 0 Å². The second-order valence-electron chi connectivity index (χ2n) is 23.6. The number of aromatic nitrogens is 1. The zero-order valence-corrected chi connectivity index (χ0v) is 49.6. The van der Waals surface area contributed by atoms with Gasteiger partial charge in [-0.2, -0.15) is 0 Å². The molecule has 18 atom stereocenters. The summed E-state index contributed by atoms with van der Waals surface area (Å²) in [4.78, 5) is 78.2. The number of rotatable bonds is 15. The van der Waals surface area contributed by atoms with Crippen LogP contribution in [0.2, 0.25) is 0 Å². The lowest BCUT2D eigenvalue weighted by molar-refractivity contribution is -0.319. The number of benzene rings is 3. The van der Waals surface area contributed by atoms with E-state index in [1.54, 1.807) is 82.4 Å². The van der Waals surface area contributed by atoms with Gasteiger partial charge in [-0.25, -0.2) is 14.4 Å². The van der Waals surface area contributed by atoms with Crippen LogP contribution in [-0.2, 0) is 57.0 Å². The van der Waals surface area contributed by atoms with Crippen LogP contribution in [0.15, 0.2) is 103 Å². The van der Waals surface area contributed by atoms with Crippen LogP contribution in [0.25, 0.3) is 17.0 Å². The average Bonchev–Trinajstić information content (AvgIpc) is 3.75. The van der Waals surface area contributed by atoms with Crippen LogP contribution in [0, 0.1) is 23.7 Å². The quantitative estimate of drug-likeness (QED) is 0.0869. The van der Waals surface area contributed by atoms with Crippen molar-refractivity contribution in [3.8, 4) is 0 Å². The number of carbonyl (C=O) groups is 5. The summed E-state index contributed by atoms with van der Waals surface area (Å²) in [6.45, 7) is 18.0. The Morgan fingerprint density at radius 2 is 1.43 bits per heavy atom. The maximum Gasteiger partial charge on any atom is 0.408 e. The number of ketones is 1. The Kier molecular flexibility index (Phi) is 19.8. The standard InChI is InChI=1S/C64H83N3O15/c1-14-49-64(10)54(66-61(72)82-64)39(4)51(68)37(2)34-63(9,74-31-23-24-43-33-46-29-21-22-30-47(46)65-36-43)55(81-60-53(48(67(11)12)32-38(3)75-60)79-58(70)44-25-17-15-18-26-44)40(5)52(41(6)57(69)77-49)78-50-35-62(8,73-13)56(42(7)76-50)80-59(71)45-27-19-16-20-28-45/h15-30,33,36-42,48-50,52-56,60H,14,31-32,34-35H2,1-13H3,(H,66,72)/b24-23+/t37-,38+,39+,40-,41+,42-,48-,49-,50?,52-,53+,54+,55+,56-,60?,62+,63-,64+/m0/s1. The number of amides is 1. The summed E-state index contributed by atoms with van der Waals surface area (Å²) < 4.78 is 66.7. The number of carbonyl (C=O) groups excluding carboxylic acids is 5. The zero-order chi connectivity index (χ0) is 59.3. The van der Waals surface area contributed by atoms with Crippen LogP contribution in [0.1, 0.15) is 121 Å². The molecule has 1 amide bonds. The molecular weight excluding hydrogens is 1050 g/mol. The average molecular weight is 1130 g/mol. The lowest BCUT2D eigenvalue weighted by Gasteiger charge is -2.50. The maximum atomic E-state index is 15.2. The number of likely N-dealkylation sites (N-methyl/N-ethyl adjacent to an activating group) is 1. The molecule has 4 aromatic rings. The largest absolute Gasteiger partial charge is 0.458 e. The fourth-order valence-electron chi connectivity index (χ4n) is 12.7. The number of fused-ring (bicyclic) bond motifs is 2. The van der Waals surface area contributed by atoms with Gasteiger partial charge in [-0.3, -0.25) is 14.6 Å². The predicted octanol–water partition coefficient (Wildman–Crippen LogP) is 9.56. The van der Waals surface area contributed by atoms with Gasteiger partial charge in [0.15, 0.2) is 30.4 Å². The molecule has 18 nitrogen and oxygen atoms in total. The number of esters is 3. The van der Waals surface area contributed by atoms with E-state index < -0.39 is 132 Å². The highest BCUT2D eigenvalue weighted by Gasteiger charge is 2.59. The van der Waals surface area contributed by atoms with Crippen molar-refractivity contribution in [1.82, 2.24) is 15.2 Å². The fourth-order valence-corrected chi connectivity index (χ4v) is 12.7. The SMILES string of the molecule is CC[C@@H]1OC(=O)[C@H](C)[C@@H](OC2C[C@@](C)(OC)[C@@H](OC(=O)c3ccccc3)[C@H](C)O2)[C@H](C)[C@@H](OC2O[C@H](C)C[C@H](N(C)C)[C@H]2OC(=O)c2ccccc2)[C@@](C)(OC/C=C/c2cnc3ccccc3c2)C[C@H](C)C(=O)[C@@H](C)[C@H]2NC(=O)O[C@]12C. The Bertz CT molecular complexity index is 2890. The fraction of sp³-hybridized carbons (Fsp3) is 0.562. The number of ether oxygens (including phenoxy) is 10. The molecule has 0 bridgehead atoms. The van der Waals surface area contributed by atoms with Gasteiger partial charge in [-0.05, 0) is 117 Å². The molecule has 1 N–H and O–H groups in total. The van der Waals surface area contributed by atoms with E-state index in [0.717, 1.165) is 16.5 Å². The third-order valence-electron chi connectivity index (χ3n) is 17.3. The minimum absolute atomic E-state index is 0.00543. The van der Waals surface area contributed by atoms with E-state index in [9.17, 15) is 14.4 Å². The van der Waals surface area contributed by atoms with Gasteiger partial charge < -0.3 is 57.6 Å². The third-order valence-corrected chi connectivity index (χ3v) is 17.3. The molecule has 2 unspecified atom stereocenters. The van der Waals surface area contributed by atoms with Crippen molar-refractivity contribution in [2.24, 2.45) is 23.7 Å². The second kappa shape index (κ2) is 26.2. The molecule has 0 saturated carbocycles. The first-order valence-electron chi connectivity index (χ1n) is 28.7. The molecule has 444 valence electrons. The molecule has 0 radical (unpaired) electrons. The highest BCUT2D eigenvalue weighted by Crippen LogP contribution is 2.44. The number of nitrogens with zero attached hydrogens (tertiary/aromatic N) is 2. The van der Waals surface area contributed by atoms with E-state index in [0.29, 0.717) is 17.5 Å². The summed E-state index contributed by atoms with van der Waals surface area (Å²) in [5.74, 6) is -5.64. The molecule has 4 aliphatic heterocycles. The van der Waals surface area contributed by atoms with E-state index in [1.165, 1.54) is 7.11 Å².